The largest absolute Gasteiger partial charge is 0.484 e. The van der Waals surface area contributed by atoms with Crippen LogP contribution in [-0.4, -0.2) is 9.78 Å². The summed E-state index contributed by atoms with van der Waals surface area (Å²) in [5.74, 6) is 0.0149. The number of halogens is 2. The van der Waals surface area contributed by atoms with Crippen LogP contribution in [-0.2, 0) is 13.7 Å². The lowest BCUT2D eigenvalue weighted by molar-refractivity contribution is 0.300. The molecule has 1 aromatic heterocycles. The number of aryl methyl sites for hydroxylation is 1. The fraction of sp³-hybridized carbons (Fsp3) is 0.133. The molecular weight excluding hydrogens is 337 g/mol. The van der Waals surface area contributed by atoms with Gasteiger partial charge in [0.25, 0.3) is 0 Å². The zero-order valence-corrected chi connectivity index (χ0v) is 12.9. The Morgan fingerprint density at radius 3 is 2.86 bits per heavy atom. The van der Waals surface area contributed by atoms with Gasteiger partial charge in [-0.3, -0.25) is 4.68 Å². The second-order valence-corrected chi connectivity index (χ2v) is 5.54. The van der Waals surface area contributed by atoms with Crippen LogP contribution >= 0.6 is 15.9 Å². The predicted molar refractivity (Wildman–Crippen MR) is 83.6 cm³/mol. The summed E-state index contributed by atoms with van der Waals surface area (Å²) >= 11 is 3.26. The number of nitrogens with zero attached hydrogens (tertiary/aromatic N) is 2. The SMILES string of the molecule is Cn1nc(COc2c(N)cc(F)cc2Br)c2ccccc21. The Hall–Kier alpha value is -2.08. The number of benzene rings is 2. The number of fused-ring (bicyclic) bond motifs is 1. The fourth-order valence-corrected chi connectivity index (χ4v) is 2.83. The molecule has 0 unspecified atom stereocenters. The van der Waals surface area contributed by atoms with E-state index in [0.29, 0.717) is 10.2 Å². The summed E-state index contributed by atoms with van der Waals surface area (Å²) in [5.41, 5.74) is 7.87. The number of anilines is 1. The molecule has 0 atom stereocenters. The third-order valence-corrected chi connectivity index (χ3v) is 3.81. The van der Waals surface area contributed by atoms with Crippen LogP contribution < -0.4 is 10.5 Å². The number of nitrogens with two attached hydrogens (primary N) is 1. The first kappa shape index (κ1) is 13.9. The first-order chi connectivity index (χ1) is 10.1. The molecule has 0 saturated heterocycles. The summed E-state index contributed by atoms with van der Waals surface area (Å²) < 4.78 is 21.2. The highest BCUT2D eigenvalue weighted by atomic mass is 79.9. The Morgan fingerprint density at radius 2 is 2.10 bits per heavy atom. The zero-order valence-electron chi connectivity index (χ0n) is 11.3. The number of hydrogen-bond donors (Lipinski definition) is 1. The maximum atomic E-state index is 13.2. The second kappa shape index (κ2) is 5.37. The third-order valence-electron chi connectivity index (χ3n) is 3.22. The van der Waals surface area contributed by atoms with Gasteiger partial charge in [-0.05, 0) is 28.1 Å². The van der Waals surface area contributed by atoms with E-state index in [0.717, 1.165) is 16.6 Å². The number of rotatable bonds is 3. The molecule has 0 aliphatic carbocycles. The Kier molecular flexibility index (Phi) is 3.55. The lowest BCUT2D eigenvalue weighted by atomic mass is 10.2. The lowest BCUT2D eigenvalue weighted by Crippen LogP contribution is -2.02. The minimum Gasteiger partial charge on any atom is -0.484 e. The molecule has 0 aliphatic heterocycles. The summed E-state index contributed by atoms with van der Waals surface area (Å²) in [7, 11) is 1.88. The number of nitrogen functional groups attached to an aromatic ring is 1. The topological polar surface area (TPSA) is 53.1 Å². The number of para-hydroxylation sites is 1. The van der Waals surface area contributed by atoms with E-state index in [4.69, 9.17) is 10.5 Å². The van der Waals surface area contributed by atoms with Gasteiger partial charge in [0, 0.05) is 18.5 Å². The normalized spacial score (nSPS) is 11.0. The molecule has 108 valence electrons. The predicted octanol–water partition coefficient (Wildman–Crippen LogP) is 3.64. The van der Waals surface area contributed by atoms with E-state index in [1.807, 2.05) is 31.3 Å². The van der Waals surface area contributed by atoms with Gasteiger partial charge in [-0.1, -0.05) is 18.2 Å². The molecule has 6 heteroatoms. The highest BCUT2D eigenvalue weighted by molar-refractivity contribution is 9.10. The molecule has 2 N–H and O–H groups in total. The third kappa shape index (κ3) is 2.58. The Bertz CT molecular complexity index is 793. The lowest BCUT2D eigenvalue weighted by Gasteiger charge is -2.10. The zero-order chi connectivity index (χ0) is 15.0. The molecule has 2 aromatic carbocycles. The van der Waals surface area contributed by atoms with Crippen molar-refractivity contribution in [1.29, 1.82) is 0 Å². The summed E-state index contributed by atoms with van der Waals surface area (Å²) in [6.07, 6.45) is 0. The molecule has 0 fully saturated rings. The van der Waals surface area contributed by atoms with Crippen LogP contribution in [0.3, 0.4) is 0 Å². The summed E-state index contributed by atoms with van der Waals surface area (Å²) in [6.45, 7) is 0.260. The van der Waals surface area contributed by atoms with E-state index >= 15 is 0 Å². The Balaban J connectivity index is 1.91. The molecular formula is C15H13BrFN3O. The summed E-state index contributed by atoms with van der Waals surface area (Å²) in [5, 5.41) is 5.47. The van der Waals surface area contributed by atoms with Crippen LogP contribution in [0, 0.1) is 5.82 Å². The maximum absolute atomic E-state index is 13.2. The molecule has 0 saturated carbocycles. The average Bonchev–Trinajstić information content (AvgIpc) is 2.75. The van der Waals surface area contributed by atoms with Crippen LogP contribution in [0.25, 0.3) is 10.9 Å². The highest BCUT2D eigenvalue weighted by Crippen LogP contribution is 2.33. The van der Waals surface area contributed by atoms with Crippen molar-refractivity contribution >= 4 is 32.5 Å². The van der Waals surface area contributed by atoms with Gasteiger partial charge in [0.05, 0.1) is 15.7 Å². The monoisotopic (exact) mass is 349 g/mol. The van der Waals surface area contributed by atoms with E-state index < -0.39 is 5.82 Å². The molecule has 3 rings (SSSR count). The second-order valence-electron chi connectivity index (χ2n) is 4.68. The molecule has 3 aromatic rings. The molecule has 0 aliphatic rings. The minimum absolute atomic E-state index is 0.252. The van der Waals surface area contributed by atoms with Crippen LogP contribution in [0.4, 0.5) is 10.1 Å². The molecule has 1 heterocycles. The summed E-state index contributed by atoms with van der Waals surface area (Å²) in [4.78, 5) is 0. The van der Waals surface area contributed by atoms with Crippen molar-refractivity contribution < 1.29 is 9.13 Å². The van der Waals surface area contributed by atoms with Crippen molar-refractivity contribution in [2.45, 2.75) is 6.61 Å². The van der Waals surface area contributed by atoms with Crippen LogP contribution in [0.5, 0.6) is 5.75 Å². The quantitative estimate of drug-likeness (QED) is 0.734. The van der Waals surface area contributed by atoms with Gasteiger partial charge in [0.1, 0.15) is 18.1 Å². The van der Waals surface area contributed by atoms with Gasteiger partial charge in [-0.15, -0.1) is 0 Å². The van der Waals surface area contributed by atoms with Gasteiger partial charge in [0.2, 0.25) is 0 Å². The highest BCUT2D eigenvalue weighted by Gasteiger charge is 2.12. The molecule has 0 bridgehead atoms. The Labute approximate surface area is 129 Å². The number of hydrogen-bond acceptors (Lipinski definition) is 3. The Morgan fingerprint density at radius 1 is 1.33 bits per heavy atom. The van der Waals surface area contributed by atoms with Gasteiger partial charge in [0.15, 0.2) is 5.75 Å². The number of aromatic nitrogens is 2. The van der Waals surface area contributed by atoms with Crippen molar-refractivity contribution in [2.24, 2.45) is 7.05 Å². The molecule has 0 spiro atoms. The fourth-order valence-electron chi connectivity index (χ4n) is 2.27. The van der Waals surface area contributed by atoms with Crippen LogP contribution in [0.1, 0.15) is 5.69 Å². The summed E-state index contributed by atoms with van der Waals surface area (Å²) in [6, 6.07) is 10.5. The van der Waals surface area contributed by atoms with E-state index in [1.54, 1.807) is 4.68 Å². The standard InChI is InChI=1S/C15H13BrFN3O/c1-20-14-5-3-2-4-10(14)13(19-20)8-21-15-11(16)6-9(17)7-12(15)18/h2-7H,8,18H2,1H3. The average molecular weight is 350 g/mol. The molecule has 0 radical (unpaired) electrons. The van der Waals surface area contributed by atoms with Crippen molar-refractivity contribution in [3.8, 4) is 5.75 Å². The van der Waals surface area contributed by atoms with Crippen LogP contribution in [0.15, 0.2) is 40.9 Å². The van der Waals surface area contributed by atoms with E-state index in [1.165, 1.54) is 12.1 Å². The molecule has 0 amide bonds. The van der Waals surface area contributed by atoms with Crippen LogP contribution in [0.2, 0.25) is 0 Å². The van der Waals surface area contributed by atoms with Crippen molar-refractivity contribution in [2.75, 3.05) is 5.73 Å². The molecule has 21 heavy (non-hydrogen) atoms. The van der Waals surface area contributed by atoms with E-state index in [2.05, 4.69) is 21.0 Å². The molecule has 4 nitrogen and oxygen atoms in total. The minimum atomic E-state index is -0.407. The van der Waals surface area contributed by atoms with Gasteiger partial charge >= 0.3 is 0 Å². The van der Waals surface area contributed by atoms with Gasteiger partial charge in [-0.25, -0.2) is 4.39 Å². The van der Waals surface area contributed by atoms with Crippen molar-refractivity contribution in [3.05, 3.63) is 52.4 Å². The van der Waals surface area contributed by atoms with E-state index in [-0.39, 0.29) is 12.3 Å². The maximum Gasteiger partial charge on any atom is 0.157 e. The number of ether oxygens (including phenoxy) is 1. The smallest absolute Gasteiger partial charge is 0.157 e. The van der Waals surface area contributed by atoms with Crippen molar-refractivity contribution in [1.82, 2.24) is 9.78 Å². The van der Waals surface area contributed by atoms with Gasteiger partial charge in [-0.2, -0.15) is 5.10 Å². The van der Waals surface area contributed by atoms with E-state index in [9.17, 15) is 4.39 Å². The first-order valence-corrected chi connectivity index (χ1v) is 7.13. The first-order valence-electron chi connectivity index (χ1n) is 6.34. The van der Waals surface area contributed by atoms with Crippen molar-refractivity contribution in [3.63, 3.8) is 0 Å². The van der Waals surface area contributed by atoms with Gasteiger partial charge < -0.3 is 10.5 Å².